The van der Waals surface area contributed by atoms with Crippen molar-refractivity contribution in [1.29, 1.82) is 0 Å². The predicted octanol–water partition coefficient (Wildman–Crippen LogP) is 2.54. The predicted molar refractivity (Wildman–Crippen MR) is 95.3 cm³/mol. The highest BCUT2D eigenvalue weighted by molar-refractivity contribution is 5.74. The topological polar surface area (TPSA) is 95.8 Å². The van der Waals surface area contributed by atoms with Gasteiger partial charge in [-0.2, -0.15) is 5.10 Å². The van der Waals surface area contributed by atoms with Gasteiger partial charge in [0.15, 0.2) is 5.65 Å². The molecule has 0 unspecified atom stereocenters. The van der Waals surface area contributed by atoms with Crippen LogP contribution in [-0.2, 0) is 6.54 Å². The summed E-state index contributed by atoms with van der Waals surface area (Å²) in [6.07, 6.45) is 2.92. The number of nitro benzene ring substituents is 1. The Morgan fingerprint density at radius 1 is 1.08 bits per heavy atom. The number of para-hydroxylation sites is 1. The van der Waals surface area contributed by atoms with Crippen molar-refractivity contribution in [3.8, 4) is 5.69 Å². The minimum absolute atomic E-state index is 0.0125. The molecule has 0 atom stereocenters. The number of nitro groups is 1. The number of fused-ring (bicyclic) bond motifs is 1. The Bertz CT molecular complexity index is 1160. The normalized spacial score (nSPS) is 10.9. The molecule has 26 heavy (non-hydrogen) atoms. The van der Waals surface area contributed by atoms with Crippen LogP contribution in [0.1, 0.15) is 5.56 Å². The molecule has 4 aromatic rings. The van der Waals surface area contributed by atoms with Crippen molar-refractivity contribution in [2.45, 2.75) is 6.54 Å². The van der Waals surface area contributed by atoms with Crippen LogP contribution in [0, 0.1) is 10.1 Å². The van der Waals surface area contributed by atoms with Crippen LogP contribution in [0.4, 0.5) is 5.69 Å². The Hall–Kier alpha value is -3.81. The molecule has 2 aromatic carbocycles. The summed E-state index contributed by atoms with van der Waals surface area (Å²) in [6.45, 7) is 0.194. The van der Waals surface area contributed by atoms with Gasteiger partial charge in [-0.15, -0.1) is 0 Å². The Morgan fingerprint density at radius 3 is 2.65 bits per heavy atom. The minimum atomic E-state index is -0.461. The average molecular weight is 347 g/mol. The van der Waals surface area contributed by atoms with Gasteiger partial charge in [0.2, 0.25) is 0 Å². The zero-order valence-corrected chi connectivity index (χ0v) is 13.5. The average Bonchev–Trinajstić information content (AvgIpc) is 3.10. The lowest BCUT2D eigenvalue weighted by Crippen LogP contribution is -2.21. The number of aromatic nitrogens is 4. The highest BCUT2D eigenvalue weighted by atomic mass is 16.6. The van der Waals surface area contributed by atoms with Crippen LogP contribution in [0.3, 0.4) is 0 Å². The molecule has 0 N–H and O–H groups in total. The quantitative estimate of drug-likeness (QED) is 0.417. The number of benzene rings is 2. The SMILES string of the molecule is O=c1c2cnn(-c3ccccc3)c2ncn1Cc1cccc([N+](=O)[O-])c1. The van der Waals surface area contributed by atoms with E-state index in [4.69, 9.17) is 0 Å². The van der Waals surface area contributed by atoms with Crippen LogP contribution in [0.25, 0.3) is 16.7 Å². The molecule has 2 aromatic heterocycles. The summed E-state index contributed by atoms with van der Waals surface area (Å²) < 4.78 is 3.02. The van der Waals surface area contributed by atoms with Crippen LogP contribution in [0.2, 0.25) is 0 Å². The molecule has 4 rings (SSSR count). The van der Waals surface area contributed by atoms with E-state index in [1.807, 2.05) is 30.3 Å². The number of rotatable bonds is 4. The number of hydrogen-bond donors (Lipinski definition) is 0. The first-order chi connectivity index (χ1) is 12.6. The van der Waals surface area contributed by atoms with E-state index in [1.54, 1.807) is 16.8 Å². The third-order valence-electron chi connectivity index (χ3n) is 4.03. The summed E-state index contributed by atoms with van der Waals surface area (Å²) in [4.78, 5) is 27.5. The van der Waals surface area contributed by atoms with Gasteiger partial charge in [0, 0.05) is 12.1 Å². The van der Waals surface area contributed by atoms with Crippen molar-refractivity contribution in [3.63, 3.8) is 0 Å². The van der Waals surface area contributed by atoms with E-state index in [0.717, 1.165) is 5.69 Å². The van der Waals surface area contributed by atoms with Crippen molar-refractivity contribution in [2.75, 3.05) is 0 Å². The number of hydrogen-bond acceptors (Lipinski definition) is 5. The second-order valence-corrected chi connectivity index (χ2v) is 5.73. The Kier molecular flexibility index (Phi) is 3.77. The molecule has 2 heterocycles. The summed E-state index contributed by atoms with van der Waals surface area (Å²) in [5, 5.41) is 15.6. The Morgan fingerprint density at radius 2 is 1.88 bits per heavy atom. The summed E-state index contributed by atoms with van der Waals surface area (Å²) >= 11 is 0. The third kappa shape index (κ3) is 2.73. The van der Waals surface area contributed by atoms with Crippen LogP contribution in [0.15, 0.2) is 71.9 Å². The molecule has 0 radical (unpaired) electrons. The van der Waals surface area contributed by atoms with E-state index in [2.05, 4.69) is 10.1 Å². The van der Waals surface area contributed by atoms with Gasteiger partial charge >= 0.3 is 0 Å². The molecule has 0 aliphatic rings. The lowest BCUT2D eigenvalue weighted by atomic mass is 10.2. The maximum atomic E-state index is 12.7. The van der Waals surface area contributed by atoms with Crippen molar-refractivity contribution in [2.24, 2.45) is 0 Å². The molecule has 0 saturated heterocycles. The first-order valence-corrected chi connectivity index (χ1v) is 7.85. The summed E-state index contributed by atoms with van der Waals surface area (Å²) in [5.41, 5.74) is 1.67. The number of nitrogens with zero attached hydrogens (tertiary/aromatic N) is 5. The van der Waals surface area contributed by atoms with E-state index in [9.17, 15) is 14.9 Å². The molecule has 0 fully saturated rings. The van der Waals surface area contributed by atoms with E-state index < -0.39 is 4.92 Å². The van der Waals surface area contributed by atoms with Crippen molar-refractivity contribution in [3.05, 3.63) is 93.2 Å². The third-order valence-corrected chi connectivity index (χ3v) is 4.03. The number of non-ortho nitro benzene ring substituents is 1. The fourth-order valence-corrected chi connectivity index (χ4v) is 2.78. The molecule has 0 saturated carbocycles. The maximum Gasteiger partial charge on any atom is 0.269 e. The standard InChI is InChI=1S/C18H13N5O3/c24-18-16-10-20-22(14-6-2-1-3-7-14)17(16)19-12-21(18)11-13-5-4-8-15(9-13)23(25)26/h1-10,12H,11H2. The molecule has 128 valence electrons. The van der Waals surface area contributed by atoms with Crippen molar-refractivity contribution >= 4 is 16.7 Å². The zero-order chi connectivity index (χ0) is 18.1. The highest BCUT2D eigenvalue weighted by Gasteiger charge is 2.12. The summed E-state index contributed by atoms with van der Waals surface area (Å²) in [5.74, 6) is 0. The van der Waals surface area contributed by atoms with E-state index >= 15 is 0 Å². The van der Waals surface area contributed by atoms with Gasteiger partial charge in [-0.1, -0.05) is 30.3 Å². The van der Waals surface area contributed by atoms with Gasteiger partial charge in [-0.05, 0) is 17.7 Å². The molecule has 8 nitrogen and oxygen atoms in total. The fraction of sp³-hybridized carbons (Fsp3) is 0.0556. The summed E-state index contributed by atoms with van der Waals surface area (Å²) in [7, 11) is 0. The zero-order valence-electron chi connectivity index (χ0n) is 13.5. The lowest BCUT2D eigenvalue weighted by Gasteiger charge is -2.06. The van der Waals surface area contributed by atoms with E-state index in [-0.39, 0.29) is 17.8 Å². The molecule has 8 heteroatoms. The summed E-state index contributed by atoms with van der Waals surface area (Å²) in [6, 6.07) is 15.6. The van der Waals surface area contributed by atoms with Gasteiger partial charge in [0.1, 0.15) is 11.7 Å². The molecule has 0 spiro atoms. The van der Waals surface area contributed by atoms with Gasteiger partial charge < -0.3 is 0 Å². The molecule has 0 bridgehead atoms. The highest BCUT2D eigenvalue weighted by Crippen LogP contribution is 2.15. The van der Waals surface area contributed by atoms with Crippen molar-refractivity contribution in [1.82, 2.24) is 19.3 Å². The smallest absolute Gasteiger partial charge is 0.269 e. The minimum Gasteiger partial charge on any atom is -0.294 e. The van der Waals surface area contributed by atoms with E-state index in [1.165, 1.54) is 29.2 Å². The Balaban J connectivity index is 1.74. The Labute approximate surface area is 147 Å². The first kappa shape index (κ1) is 15.7. The molecular weight excluding hydrogens is 334 g/mol. The van der Waals surface area contributed by atoms with Crippen LogP contribution in [0.5, 0.6) is 0 Å². The van der Waals surface area contributed by atoms with Gasteiger partial charge in [0.25, 0.3) is 11.2 Å². The van der Waals surface area contributed by atoms with Crippen molar-refractivity contribution < 1.29 is 4.92 Å². The lowest BCUT2D eigenvalue weighted by molar-refractivity contribution is -0.384. The van der Waals surface area contributed by atoms with Crippen LogP contribution >= 0.6 is 0 Å². The molecule has 0 amide bonds. The van der Waals surface area contributed by atoms with Gasteiger partial charge in [-0.25, -0.2) is 9.67 Å². The maximum absolute atomic E-state index is 12.7. The molecule has 0 aliphatic carbocycles. The van der Waals surface area contributed by atoms with Crippen LogP contribution < -0.4 is 5.56 Å². The van der Waals surface area contributed by atoms with Crippen LogP contribution in [-0.4, -0.2) is 24.3 Å². The monoisotopic (exact) mass is 347 g/mol. The molecular formula is C18H13N5O3. The second kappa shape index (κ2) is 6.25. The first-order valence-electron chi connectivity index (χ1n) is 7.85. The van der Waals surface area contributed by atoms with Gasteiger partial charge in [0.05, 0.1) is 23.4 Å². The fourth-order valence-electron chi connectivity index (χ4n) is 2.78. The van der Waals surface area contributed by atoms with E-state index in [0.29, 0.717) is 16.6 Å². The largest absolute Gasteiger partial charge is 0.294 e. The molecule has 0 aliphatic heterocycles. The van der Waals surface area contributed by atoms with Gasteiger partial charge in [-0.3, -0.25) is 19.5 Å². The second-order valence-electron chi connectivity index (χ2n) is 5.73.